The summed E-state index contributed by atoms with van der Waals surface area (Å²) in [5.41, 5.74) is 2.78. The molecule has 182 valence electrons. The molecule has 2 rings (SSSR count). The number of ether oxygens (including phenoxy) is 2. The van der Waals surface area contributed by atoms with Crippen LogP contribution in [0.25, 0.3) is 0 Å². The maximum atomic E-state index is 13.2. The summed E-state index contributed by atoms with van der Waals surface area (Å²) >= 11 is 0. The van der Waals surface area contributed by atoms with Gasteiger partial charge in [-0.15, -0.1) is 24.0 Å². The van der Waals surface area contributed by atoms with Gasteiger partial charge in [0.1, 0.15) is 18.2 Å². The number of hydrogen-bond acceptors (Lipinski definition) is 4. The molecule has 0 spiro atoms. The Kier molecular flexibility index (Phi) is 14.1. The highest BCUT2D eigenvalue weighted by molar-refractivity contribution is 14.0. The van der Waals surface area contributed by atoms with Crippen molar-refractivity contribution in [2.24, 2.45) is 4.99 Å². The van der Waals surface area contributed by atoms with Crippen molar-refractivity contribution in [2.45, 2.75) is 26.8 Å². The predicted molar refractivity (Wildman–Crippen MR) is 140 cm³/mol. The molecule has 9 heteroatoms. The average Bonchev–Trinajstić information content (AvgIpc) is 2.77. The van der Waals surface area contributed by atoms with Crippen molar-refractivity contribution in [2.75, 3.05) is 40.0 Å². The number of nitrogens with zero attached hydrogens (tertiary/aromatic N) is 1. The van der Waals surface area contributed by atoms with E-state index in [2.05, 4.69) is 20.9 Å². The normalized spacial score (nSPS) is 10.8. The summed E-state index contributed by atoms with van der Waals surface area (Å²) in [7, 11) is 1.69. The minimum Gasteiger partial charge on any atom is -0.491 e. The highest BCUT2D eigenvalue weighted by Gasteiger charge is 2.07. The molecule has 2 aromatic rings. The number of halogens is 2. The lowest BCUT2D eigenvalue weighted by Crippen LogP contribution is -2.41. The largest absolute Gasteiger partial charge is 0.491 e. The molecule has 0 heterocycles. The monoisotopic (exact) mass is 572 g/mol. The third-order valence-electron chi connectivity index (χ3n) is 4.58. The highest BCUT2D eigenvalue weighted by atomic mass is 127. The second-order valence-corrected chi connectivity index (χ2v) is 7.17. The van der Waals surface area contributed by atoms with Gasteiger partial charge in [0.05, 0.1) is 13.0 Å². The van der Waals surface area contributed by atoms with Crippen LogP contribution in [-0.2, 0) is 22.5 Å². The minimum absolute atomic E-state index is 0. The predicted octanol–water partition coefficient (Wildman–Crippen LogP) is 3.19. The number of rotatable bonds is 12. The van der Waals surface area contributed by atoms with E-state index in [1.54, 1.807) is 19.2 Å². The van der Waals surface area contributed by atoms with Crippen molar-refractivity contribution in [1.29, 1.82) is 0 Å². The smallest absolute Gasteiger partial charge is 0.224 e. The van der Waals surface area contributed by atoms with E-state index in [0.717, 1.165) is 16.9 Å². The van der Waals surface area contributed by atoms with E-state index in [9.17, 15) is 9.18 Å². The molecule has 0 aliphatic heterocycles. The van der Waals surface area contributed by atoms with Crippen molar-refractivity contribution < 1.29 is 18.7 Å². The molecule has 0 atom stereocenters. The second kappa shape index (κ2) is 16.2. The van der Waals surface area contributed by atoms with Gasteiger partial charge < -0.3 is 25.4 Å². The van der Waals surface area contributed by atoms with Crippen LogP contribution in [0.1, 0.15) is 23.6 Å². The first-order valence-corrected chi connectivity index (χ1v) is 10.8. The van der Waals surface area contributed by atoms with Crippen molar-refractivity contribution in [1.82, 2.24) is 16.0 Å². The van der Waals surface area contributed by atoms with Gasteiger partial charge in [0.25, 0.3) is 0 Å². The number of amides is 1. The molecule has 3 N–H and O–H groups in total. The Hall–Kier alpha value is -2.40. The van der Waals surface area contributed by atoms with E-state index in [4.69, 9.17) is 9.47 Å². The van der Waals surface area contributed by atoms with Crippen molar-refractivity contribution >= 4 is 35.8 Å². The van der Waals surface area contributed by atoms with Crippen LogP contribution < -0.4 is 20.7 Å². The summed E-state index contributed by atoms with van der Waals surface area (Å²) in [5, 5.41) is 9.23. The van der Waals surface area contributed by atoms with E-state index in [-0.39, 0.29) is 42.1 Å². The molecule has 33 heavy (non-hydrogen) atoms. The molecule has 0 fully saturated rings. The Morgan fingerprint density at radius 1 is 1.06 bits per heavy atom. The molecule has 1 amide bonds. The maximum absolute atomic E-state index is 13.2. The lowest BCUT2D eigenvalue weighted by Gasteiger charge is -2.16. The van der Waals surface area contributed by atoms with Crippen molar-refractivity contribution in [3.63, 3.8) is 0 Å². The highest BCUT2D eigenvalue weighted by Crippen LogP contribution is 2.20. The Morgan fingerprint density at radius 2 is 1.85 bits per heavy atom. The van der Waals surface area contributed by atoms with Gasteiger partial charge in [0.2, 0.25) is 5.91 Å². The van der Waals surface area contributed by atoms with Crippen LogP contribution >= 0.6 is 24.0 Å². The summed E-state index contributed by atoms with van der Waals surface area (Å²) in [6, 6.07) is 12.1. The Morgan fingerprint density at radius 3 is 2.58 bits per heavy atom. The summed E-state index contributed by atoms with van der Waals surface area (Å²) < 4.78 is 24.4. The first-order chi connectivity index (χ1) is 15.5. The Bertz CT molecular complexity index is 896. The third-order valence-corrected chi connectivity index (χ3v) is 4.58. The molecule has 2 aromatic carbocycles. The van der Waals surface area contributed by atoms with E-state index >= 15 is 0 Å². The van der Waals surface area contributed by atoms with Gasteiger partial charge in [0, 0.05) is 38.9 Å². The SMILES string of the molecule is CCOCCOc1cc(C)ccc1CNC(=NC)NCCNC(=O)Cc1cccc(F)c1.I. The van der Waals surface area contributed by atoms with E-state index in [1.165, 1.54) is 12.1 Å². The molecule has 0 radical (unpaired) electrons. The first kappa shape index (κ1) is 28.6. The zero-order valence-corrected chi connectivity index (χ0v) is 21.8. The molecule has 0 aliphatic carbocycles. The first-order valence-electron chi connectivity index (χ1n) is 10.8. The van der Waals surface area contributed by atoms with Gasteiger partial charge in [-0.1, -0.05) is 24.3 Å². The lowest BCUT2D eigenvalue weighted by molar-refractivity contribution is -0.120. The van der Waals surface area contributed by atoms with Crippen molar-refractivity contribution in [3.05, 3.63) is 65.0 Å². The lowest BCUT2D eigenvalue weighted by atomic mass is 10.1. The van der Waals surface area contributed by atoms with Crippen LogP contribution in [0.3, 0.4) is 0 Å². The summed E-state index contributed by atoms with van der Waals surface area (Å²) in [4.78, 5) is 16.2. The average molecular weight is 572 g/mol. The second-order valence-electron chi connectivity index (χ2n) is 7.17. The van der Waals surface area contributed by atoms with Gasteiger partial charge in [-0.2, -0.15) is 0 Å². The molecule has 0 aromatic heterocycles. The fraction of sp³-hybridized carbons (Fsp3) is 0.417. The summed E-state index contributed by atoms with van der Waals surface area (Å²) in [6.45, 7) is 7.14. The van der Waals surface area contributed by atoms with Crippen LogP contribution in [0, 0.1) is 12.7 Å². The molecule has 0 saturated carbocycles. The van der Waals surface area contributed by atoms with Gasteiger partial charge in [-0.3, -0.25) is 9.79 Å². The topological polar surface area (TPSA) is 84.0 Å². The van der Waals surface area contributed by atoms with Crippen molar-refractivity contribution in [3.8, 4) is 5.75 Å². The number of aryl methyl sites for hydroxylation is 1. The number of aliphatic imine (C=N–C) groups is 1. The van der Waals surface area contributed by atoms with Crippen LogP contribution in [0.4, 0.5) is 4.39 Å². The van der Waals surface area contributed by atoms with Crippen LogP contribution in [0.5, 0.6) is 5.75 Å². The Balaban J connectivity index is 0.00000544. The molecular weight excluding hydrogens is 538 g/mol. The molecule has 0 bridgehead atoms. The van der Waals surface area contributed by atoms with Gasteiger partial charge in [0.15, 0.2) is 5.96 Å². The minimum atomic E-state index is -0.344. The molecule has 0 saturated heterocycles. The number of hydrogen-bond donors (Lipinski definition) is 3. The number of carbonyl (C=O) groups is 1. The number of carbonyl (C=O) groups excluding carboxylic acids is 1. The quantitative estimate of drug-likeness (QED) is 0.158. The van der Waals surface area contributed by atoms with E-state index in [1.807, 2.05) is 32.0 Å². The number of guanidine groups is 1. The van der Waals surface area contributed by atoms with Gasteiger partial charge in [-0.05, 0) is 43.2 Å². The van der Waals surface area contributed by atoms with Crippen LogP contribution in [0.2, 0.25) is 0 Å². The van der Waals surface area contributed by atoms with Gasteiger partial charge in [-0.25, -0.2) is 4.39 Å². The molecule has 0 unspecified atom stereocenters. The molecule has 7 nitrogen and oxygen atoms in total. The zero-order chi connectivity index (χ0) is 23.2. The maximum Gasteiger partial charge on any atom is 0.224 e. The number of nitrogens with one attached hydrogen (secondary N) is 3. The van der Waals surface area contributed by atoms with Gasteiger partial charge >= 0.3 is 0 Å². The molecular formula is C24H34FIN4O3. The fourth-order valence-electron chi connectivity index (χ4n) is 2.97. The summed E-state index contributed by atoms with van der Waals surface area (Å²) in [5.74, 6) is 0.930. The standard InChI is InChI=1S/C24H33FN4O3.HI/c1-4-31-12-13-32-22-14-18(2)8-9-20(22)17-29-24(26-3)28-11-10-27-23(30)16-19-6-5-7-21(25)15-19;/h5-9,14-15H,4,10-13,16-17H2,1-3H3,(H,27,30)(H2,26,28,29);1H. The Labute approximate surface area is 212 Å². The molecule has 0 aliphatic rings. The third kappa shape index (κ3) is 11.3. The van der Waals surface area contributed by atoms with Crippen LogP contribution in [-0.4, -0.2) is 51.8 Å². The zero-order valence-electron chi connectivity index (χ0n) is 19.4. The number of benzene rings is 2. The van der Waals surface area contributed by atoms with E-state index in [0.29, 0.717) is 51.0 Å². The van der Waals surface area contributed by atoms with E-state index < -0.39 is 0 Å². The van der Waals surface area contributed by atoms with Crippen LogP contribution in [0.15, 0.2) is 47.5 Å². The summed E-state index contributed by atoms with van der Waals surface area (Å²) in [6.07, 6.45) is 0.143. The fourth-order valence-corrected chi connectivity index (χ4v) is 2.97.